The number of rotatable bonds is 18. The molecule has 0 spiro atoms. The first kappa shape index (κ1) is 84.8. The van der Waals surface area contributed by atoms with Gasteiger partial charge in [-0.3, -0.25) is 74.0 Å². The van der Waals surface area contributed by atoms with Gasteiger partial charge in [0.2, 0.25) is 0 Å². The molecule has 0 saturated heterocycles. The van der Waals surface area contributed by atoms with Gasteiger partial charge in [-0.15, -0.1) is 0 Å². The summed E-state index contributed by atoms with van der Waals surface area (Å²) in [6, 6.07) is 45.8. The van der Waals surface area contributed by atoms with Crippen molar-refractivity contribution in [1.82, 2.24) is 76.4 Å². The number of benzene rings is 6. The third-order valence-corrected chi connectivity index (χ3v) is 17.8. The maximum absolute atomic E-state index is 12.8. The summed E-state index contributed by atoms with van der Waals surface area (Å²) in [6.45, 7) is 6.49. The molecule has 5 amide bonds. The first-order valence-electron chi connectivity index (χ1n) is 33.1. The maximum atomic E-state index is 12.8. The van der Waals surface area contributed by atoms with Crippen LogP contribution in [-0.4, -0.2) is 96.5 Å². The molecular weight excluding hydrogens is 1530 g/mol. The van der Waals surface area contributed by atoms with Gasteiger partial charge in [-0.1, -0.05) is 42.2 Å². The summed E-state index contributed by atoms with van der Waals surface area (Å²) in [6.07, 6.45) is 11.3. The molecule has 15 aromatic rings. The number of carbonyl (C=O) groups excluding carboxylic acids is 6. The first-order chi connectivity index (χ1) is 52.1. The van der Waals surface area contributed by atoms with Crippen molar-refractivity contribution >= 4 is 136 Å². The van der Waals surface area contributed by atoms with Crippen LogP contribution >= 0.6 is 34.8 Å². The number of H-pyrrole nitrogens is 3. The number of pyridine rings is 6. The van der Waals surface area contributed by atoms with Gasteiger partial charge in [-0.05, 0) is 200 Å². The topological polar surface area (TPSA) is 410 Å². The van der Waals surface area contributed by atoms with Crippen LogP contribution < -0.4 is 135 Å². The summed E-state index contributed by atoms with van der Waals surface area (Å²) in [7, 11) is 0. The zero-order valence-corrected chi connectivity index (χ0v) is 68.2. The zero-order chi connectivity index (χ0) is 76.1. The molecule has 0 bridgehead atoms. The summed E-state index contributed by atoms with van der Waals surface area (Å²) >= 11 is 18.3. The molecule has 26 nitrogen and oxygen atoms in total. The van der Waals surface area contributed by atoms with Crippen molar-refractivity contribution in [2.75, 3.05) is 0 Å². The average molecular weight is 1590 g/mol. The van der Waals surface area contributed by atoms with Gasteiger partial charge in [0.1, 0.15) is 6.07 Å². The molecule has 0 saturated carbocycles. The molecule has 0 aliphatic carbocycles. The first-order valence-corrected chi connectivity index (χ1v) is 34.3. The van der Waals surface area contributed by atoms with E-state index in [9.17, 15) is 29.2 Å². The standard InChI is InChI=1S/2C26H21ClN6O2.C26H19ClN6O.CH2O3.CH4.2K.H/c2*1-14-6-17-7-15(9-21(25(28)34)24(17)30-12-14)8-19-10-16(4-5-29-19)26(35)31-13-23-20-11-18(27)2-3-22(20)32-33-23;1-15-6-18-7-16(8-19(12-28)25(18)30-13-15)9-21-10-17(4-5-29-21)26(34)31-14-24-22-11-20(27)2-3-23(22)32-33-24;2-1-4-3;;;;/h2*2-7,9-12H,8,13H2,1H3,(H2,28,34)(H,31,35)(H,32,33);2-8,10-11,13H,9,14H2,1H3,(H,31,34)(H,32,33);1,3H;1H4;;;/q;;;;;2*+1;-1/p-1. The SMILES string of the molecule is C.Cc1cnc2c(C#N)cc(Cc3cc(C(=O)NCc4[nH]nc5ccc(Cl)cc45)ccn3)cc2c1.Cc1cnc2c(C(N)=O)cc(Cc3cc(C(=O)NCc4[nH]nc5ccc(Cl)cc45)ccn3)cc2c1.Cc1cnc2c(C(N)=O)cc(Cc3cc(C(=O)NCc4[nH]nc5ccc(Cl)cc45)ccn3)cc2c1.O=CO[O-].[H-].[K+].[K+]. The Labute approximate surface area is 735 Å². The van der Waals surface area contributed by atoms with Crippen LogP contribution in [0.5, 0.6) is 0 Å². The van der Waals surface area contributed by atoms with Crippen LogP contribution in [0, 0.1) is 32.1 Å². The number of hydrogen-bond donors (Lipinski definition) is 8. The fourth-order valence-electron chi connectivity index (χ4n) is 12.1. The Bertz CT molecular complexity index is 5840. The van der Waals surface area contributed by atoms with Crippen molar-refractivity contribution in [2.24, 2.45) is 11.5 Å². The molecule has 0 aliphatic heterocycles. The van der Waals surface area contributed by atoms with Crippen LogP contribution in [0.25, 0.3) is 65.4 Å². The van der Waals surface area contributed by atoms with E-state index in [4.69, 9.17) is 56.3 Å². The number of nitrogens with zero attached hydrogens (tertiary/aromatic N) is 10. The Morgan fingerprint density at radius 3 is 1.11 bits per heavy atom. The maximum Gasteiger partial charge on any atom is 1.00 e. The summed E-state index contributed by atoms with van der Waals surface area (Å²) < 4.78 is 0. The van der Waals surface area contributed by atoms with E-state index in [1.165, 1.54) is 0 Å². The van der Waals surface area contributed by atoms with E-state index in [0.717, 1.165) is 105 Å². The molecular formula is C80H67Cl3K2N18O8. The van der Waals surface area contributed by atoms with Crippen molar-refractivity contribution < 1.29 is 143 Å². The largest absolute Gasteiger partial charge is 1.00 e. The Balaban J connectivity index is 0.000000202. The van der Waals surface area contributed by atoms with Gasteiger partial charge in [0.05, 0.1) is 86.5 Å². The van der Waals surface area contributed by atoms with Crippen molar-refractivity contribution in [3.05, 3.63) is 299 Å². The van der Waals surface area contributed by atoms with Gasteiger partial charge in [-0.25, -0.2) is 0 Å². The minimum atomic E-state index is -0.540. The van der Waals surface area contributed by atoms with Crippen molar-refractivity contribution in [1.29, 1.82) is 5.26 Å². The Morgan fingerprint density at radius 1 is 0.477 bits per heavy atom. The molecule has 111 heavy (non-hydrogen) atoms. The number of halogens is 3. The number of aromatic nitrogens is 12. The van der Waals surface area contributed by atoms with Crippen molar-refractivity contribution in [2.45, 2.75) is 67.1 Å². The molecule has 31 heteroatoms. The van der Waals surface area contributed by atoms with E-state index in [2.05, 4.69) is 87.4 Å². The van der Waals surface area contributed by atoms with Crippen LogP contribution in [0.2, 0.25) is 15.1 Å². The molecule has 9 aromatic heterocycles. The molecule has 9 heterocycles. The summed E-state index contributed by atoms with van der Waals surface area (Å²) in [5.74, 6) is -1.78. The summed E-state index contributed by atoms with van der Waals surface area (Å²) in [4.78, 5) is 100. The van der Waals surface area contributed by atoms with E-state index in [1.54, 1.807) is 104 Å². The molecule has 0 radical (unpaired) electrons. The number of nitriles is 1. The minimum Gasteiger partial charge on any atom is -1.00 e. The van der Waals surface area contributed by atoms with Gasteiger partial charge in [-0.2, -0.15) is 20.6 Å². The van der Waals surface area contributed by atoms with Gasteiger partial charge >= 0.3 is 103 Å². The van der Waals surface area contributed by atoms with Crippen LogP contribution in [-0.2, 0) is 48.6 Å². The normalized spacial score (nSPS) is 10.6. The summed E-state index contributed by atoms with van der Waals surface area (Å²) in [5.41, 5.74) is 28.1. The predicted octanol–water partition coefficient (Wildman–Crippen LogP) is 6.23. The quantitative estimate of drug-likeness (QED) is 0.0204. The van der Waals surface area contributed by atoms with Crippen LogP contribution in [0.1, 0.15) is 134 Å². The van der Waals surface area contributed by atoms with E-state index in [1.807, 2.05) is 99.6 Å². The number of amides is 5. The van der Waals surface area contributed by atoms with E-state index >= 15 is 0 Å². The second-order valence-corrected chi connectivity index (χ2v) is 26.3. The number of carbonyl (C=O) groups is 6. The predicted molar refractivity (Wildman–Crippen MR) is 414 cm³/mol. The Morgan fingerprint density at radius 2 is 0.793 bits per heavy atom. The minimum absolute atomic E-state index is 0. The zero-order valence-electron chi connectivity index (χ0n) is 60.7. The van der Waals surface area contributed by atoms with E-state index in [-0.39, 0.29) is 155 Å². The van der Waals surface area contributed by atoms with Gasteiger partial charge in [0.25, 0.3) is 36.0 Å². The second kappa shape index (κ2) is 39.1. The average Bonchev–Trinajstić information content (AvgIpc) is 1.24. The smallest absolute Gasteiger partial charge is 1.00 e. The number of nitrogens with one attached hydrogen (secondary N) is 6. The molecule has 0 fully saturated rings. The molecule has 15 rings (SSSR count). The van der Waals surface area contributed by atoms with Gasteiger partial charge in [0, 0.05) is 138 Å². The van der Waals surface area contributed by atoms with E-state index < -0.39 is 11.8 Å². The summed E-state index contributed by atoms with van der Waals surface area (Å²) in [5, 5.41) is 55.3. The Kier molecular flexibility index (Phi) is 29.9. The third kappa shape index (κ3) is 21.5. The van der Waals surface area contributed by atoms with Crippen molar-refractivity contribution in [3.63, 3.8) is 0 Å². The fraction of sp³-hybridized carbons (Fsp3) is 0.125. The van der Waals surface area contributed by atoms with Crippen LogP contribution in [0.15, 0.2) is 183 Å². The number of hydrogen-bond acceptors (Lipinski definition) is 18. The molecule has 10 N–H and O–H groups in total. The number of nitrogens with two attached hydrogens (primary N) is 2. The number of aromatic amines is 3. The van der Waals surface area contributed by atoms with Crippen LogP contribution in [0.4, 0.5) is 0 Å². The molecule has 0 atom stereocenters. The number of fused-ring (bicyclic) bond motifs is 6. The molecule has 548 valence electrons. The van der Waals surface area contributed by atoms with E-state index in [0.29, 0.717) is 95.6 Å². The molecule has 0 unspecified atom stereocenters. The monoisotopic (exact) mass is 1590 g/mol. The third-order valence-electron chi connectivity index (χ3n) is 17.1. The fourth-order valence-corrected chi connectivity index (χ4v) is 12.6. The second-order valence-electron chi connectivity index (χ2n) is 25.0. The Hall–Kier alpha value is -10.2. The number of primary amides is 2. The van der Waals surface area contributed by atoms with Crippen LogP contribution in [0.3, 0.4) is 0 Å². The number of aryl methyl sites for hydroxylation is 3. The van der Waals surface area contributed by atoms with Crippen molar-refractivity contribution in [3.8, 4) is 6.07 Å². The molecule has 6 aromatic carbocycles. The van der Waals surface area contributed by atoms with Gasteiger partial charge in [0.15, 0.2) is 0 Å². The molecule has 0 aliphatic rings. The van der Waals surface area contributed by atoms with Gasteiger partial charge < -0.3 is 39.0 Å².